The number of carbonyl (C=O) groups excluding carboxylic acids is 4. The molecule has 0 saturated heterocycles. The molecule has 594 valence electrons. The van der Waals surface area contributed by atoms with Gasteiger partial charge in [0.2, 0.25) is 0 Å². The molecule has 3 unspecified atom stereocenters. The number of phosphoric acid groups is 2. The van der Waals surface area contributed by atoms with E-state index in [0.717, 1.165) is 102 Å². The second kappa shape index (κ2) is 72.6. The molecule has 0 aliphatic carbocycles. The number of aliphatic hydroxyl groups is 1. The van der Waals surface area contributed by atoms with E-state index in [1.165, 1.54) is 244 Å². The number of hydrogen-bond acceptors (Lipinski definition) is 15. The summed E-state index contributed by atoms with van der Waals surface area (Å²) in [7, 11) is -9.92. The quantitative estimate of drug-likeness (QED) is 0.0222. The van der Waals surface area contributed by atoms with Gasteiger partial charge < -0.3 is 33.8 Å². The molecule has 0 aromatic heterocycles. The van der Waals surface area contributed by atoms with Gasteiger partial charge in [0.05, 0.1) is 26.4 Å². The Morgan fingerprint density at radius 1 is 0.290 bits per heavy atom. The first-order chi connectivity index (χ1) is 48.4. The fourth-order valence-electron chi connectivity index (χ4n) is 12.5. The highest BCUT2D eigenvalue weighted by molar-refractivity contribution is 7.47. The van der Waals surface area contributed by atoms with Crippen LogP contribution in [-0.2, 0) is 65.4 Å². The van der Waals surface area contributed by atoms with Crippen LogP contribution in [0.1, 0.15) is 427 Å². The molecule has 0 aromatic rings. The van der Waals surface area contributed by atoms with Crippen molar-refractivity contribution in [1.29, 1.82) is 0 Å². The summed E-state index contributed by atoms with van der Waals surface area (Å²) in [6.45, 7) is 9.69. The van der Waals surface area contributed by atoms with E-state index < -0.39 is 97.5 Å². The molecular weight excluding hydrogens is 1310 g/mol. The summed E-state index contributed by atoms with van der Waals surface area (Å²) in [4.78, 5) is 73.0. The number of ether oxygens (including phenoxy) is 4. The predicted molar refractivity (Wildman–Crippen MR) is 409 cm³/mol. The molecule has 0 bridgehead atoms. The Kier molecular flexibility index (Phi) is 71.2. The summed E-state index contributed by atoms with van der Waals surface area (Å²) in [6, 6.07) is 0. The molecule has 0 fully saturated rings. The number of aliphatic hydroxyl groups excluding tert-OH is 1. The molecule has 3 N–H and O–H groups in total. The molecule has 6 atom stereocenters. The Hall–Kier alpha value is -1.94. The fourth-order valence-corrected chi connectivity index (χ4v) is 14.1. The third-order valence-corrected chi connectivity index (χ3v) is 21.2. The first-order valence-corrected chi connectivity index (χ1v) is 45.0. The number of rotatable bonds is 80. The number of unbranched alkanes of at least 4 members (excludes halogenated alkanes) is 49. The highest BCUT2D eigenvalue weighted by Crippen LogP contribution is 2.45. The molecule has 19 heteroatoms. The zero-order valence-corrected chi connectivity index (χ0v) is 67.3. The van der Waals surface area contributed by atoms with Gasteiger partial charge >= 0.3 is 39.5 Å². The van der Waals surface area contributed by atoms with E-state index in [2.05, 4.69) is 41.5 Å². The highest BCUT2D eigenvalue weighted by atomic mass is 31.2. The van der Waals surface area contributed by atoms with Gasteiger partial charge in [-0.3, -0.25) is 37.3 Å². The van der Waals surface area contributed by atoms with E-state index >= 15 is 0 Å². The number of esters is 4. The summed E-state index contributed by atoms with van der Waals surface area (Å²) in [6.07, 6.45) is 62.2. The lowest BCUT2D eigenvalue weighted by Crippen LogP contribution is -2.30. The molecule has 17 nitrogen and oxygen atoms in total. The largest absolute Gasteiger partial charge is 0.472 e. The van der Waals surface area contributed by atoms with Crippen molar-refractivity contribution < 1.29 is 80.2 Å². The van der Waals surface area contributed by atoms with Crippen molar-refractivity contribution >= 4 is 39.5 Å². The van der Waals surface area contributed by atoms with Crippen LogP contribution in [0.5, 0.6) is 0 Å². The van der Waals surface area contributed by atoms with E-state index in [0.29, 0.717) is 25.7 Å². The van der Waals surface area contributed by atoms with Crippen molar-refractivity contribution in [2.45, 2.75) is 445 Å². The summed E-state index contributed by atoms with van der Waals surface area (Å²) in [5.41, 5.74) is 0. The Morgan fingerprint density at radius 2 is 0.510 bits per heavy atom. The minimum Gasteiger partial charge on any atom is -0.462 e. The molecule has 0 rings (SSSR count). The van der Waals surface area contributed by atoms with Gasteiger partial charge in [-0.25, -0.2) is 9.13 Å². The third kappa shape index (κ3) is 73.0. The van der Waals surface area contributed by atoms with Crippen molar-refractivity contribution in [3.63, 3.8) is 0 Å². The smallest absolute Gasteiger partial charge is 0.462 e. The molecule has 0 heterocycles. The first-order valence-electron chi connectivity index (χ1n) is 42.0. The van der Waals surface area contributed by atoms with Crippen LogP contribution in [0.25, 0.3) is 0 Å². The molecule has 0 radical (unpaired) electrons. The second-order valence-electron chi connectivity index (χ2n) is 29.9. The maximum absolute atomic E-state index is 13.1. The third-order valence-electron chi connectivity index (χ3n) is 19.3. The van der Waals surface area contributed by atoms with Crippen molar-refractivity contribution in [1.82, 2.24) is 0 Å². The molecular formula is C81H158O17P2. The lowest BCUT2D eigenvalue weighted by Gasteiger charge is -2.21. The van der Waals surface area contributed by atoms with Gasteiger partial charge in [-0.2, -0.15) is 0 Å². The molecule has 0 aliphatic heterocycles. The molecule has 0 aromatic carbocycles. The SMILES string of the molecule is CCCCCCCCCCCCCCCCCCC(=O)OC[C@H](COP(=O)(O)OC[C@@H](O)COP(=O)(O)OC[C@@H](COC(=O)CCCCCCCCCCCCC)OC(=O)CCCCCCCCCCCCC(C)CC)OC(=O)CCCCCCCCCCCCCCCCCCC(C)C. The van der Waals surface area contributed by atoms with Crippen LogP contribution in [0.2, 0.25) is 0 Å². The van der Waals surface area contributed by atoms with E-state index in [4.69, 9.17) is 37.0 Å². The Labute approximate surface area is 613 Å². The minimum absolute atomic E-state index is 0.107. The minimum atomic E-state index is -4.96. The Balaban J connectivity index is 5.25. The number of phosphoric ester groups is 2. The number of hydrogen-bond donors (Lipinski definition) is 3. The second-order valence-corrected chi connectivity index (χ2v) is 32.8. The van der Waals surface area contributed by atoms with Gasteiger partial charge in [-0.15, -0.1) is 0 Å². The van der Waals surface area contributed by atoms with Gasteiger partial charge in [0.1, 0.15) is 19.3 Å². The van der Waals surface area contributed by atoms with Crippen LogP contribution in [0.3, 0.4) is 0 Å². The van der Waals surface area contributed by atoms with E-state index in [1.54, 1.807) is 0 Å². The molecule has 100 heavy (non-hydrogen) atoms. The molecule has 0 amide bonds. The van der Waals surface area contributed by atoms with Gasteiger partial charge in [0.25, 0.3) is 0 Å². The van der Waals surface area contributed by atoms with Crippen LogP contribution in [0.4, 0.5) is 0 Å². The van der Waals surface area contributed by atoms with Gasteiger partial charge in [0, 0.05) is 25.7 Å². The molecule has 0 aliphatic rings. The maximum atomic E-state index is 13.1. The predicted octanol–water partition coefficient (Wildman–Crippen LogP) is 24.3. The van der Waals surface area contributed by atoms with Crippen molar-refractivity contribution in [3.05, 3.63) is 0 Å². The van der Waals surface area contributed by atoms with E-state index in [1.807, 2.05) is 0 Å². The molecule has 0 spiro atoms. The van der Waals surface area contributed by atoms with Crippen molar-refractivity contribution in [2.24, 2.45) is 11.8 Å². The van der Waals surface area contributed by atoms with Crippen LogP contribution in [0, 0.1) is 11.8 Å². The van der Waals surface area contributed by atoms with E-state index in [9.17, 15) is 43.2 Å². The molecule has 0 saturated carbocycles. The highest BCUT2D eigenvalue weighted by Gasteiger charge is 2.30. The summed E-state index contributed by atoms with van der Waals surface area (Å²) < 4.78 is 68.7. The average molecular weight is 1470 g/mol. The monoisotopic (exact) mass is 1470 g/mol. The van der Waals surface area contributed by atoms with Gasteiger partial charge in [-0.1, -0.05) is 375 Å². The first kappa shape index (κ1) is 98.1. The average Bonchev–Trinajstić information content (AvgIpc) is 0.931. The van der Waals surface area contributed by atoms with Gasteiger partial charge in [0.15, 0.2) is 12.2 Å². The maximum Gasteiger partial charge on any atom is 0.472 e. The number of carbonyl (C=O) groups is 4. The van der Waals surface area contributed by atoms with Crippen LogP contribution in [-0.4, -0.2) is 96.7 Å². The standard InChI is InChI=1S/C81H158O17P2/c1-7-10-12-14-16-18-20-21-22-26-29-33-40-46-52-58-64-79(84)92-70-76(97-80(85)65-59-53-47-41-34-30-27-24-23-25-28-32-37-43-49-55-61-73(4)5)71-95-99(87,88)93-67-75(82)68-94-100(89,90)96-72-77(69-91-78(83)63-57-51-45-39-31-19-17-15-13-11-8-2)98-81(86)66-60-54-48-42-36-35-38-44-50-56-62-74(6)9-3/h73-77,82H,7-72H2,1-6H3,(H,87,88)(H,89,90)/t74?,75-,76-,77-/m1/s1. The van der Waals surface area contributed by atoms with Gasteiger partial charge in [-0.05, 0) is 37.5 Å². The van der Waals surface area contributed by atoms with Crippen LogP contribution < -0.4 is 0 Å². The Bertz CT molecular complexity index is 1930. The van der Waals surface area contributed by atoms with Crippen molar-refractivity contribution in [3.8, 4) is 0 Å². The van der Waals surface area contributed by atoms with Crippen LogP contribution in [0.15, 0.2) is 0 Å². The lowest BCUT2D eigenvalue weighted by atomic mass is 9.99. The fraction of sp³-hybridized carbons (Fsp3) is 0.951. The van der Waals surface area contributed by atoms with Crippen molar-refractivity contribution in [2.75, 3.05) is 39.6 Å². The lowest BCUT2D eigenvalue weighted by molar-refractivity contribution is -0.161. The normalized spacial score (nSPS) is 14.2. The zero-order valence-electron chi connectivity index (χ0n) is 65.5. The van der Waals surface area contributed by atoms with E-state index in [-0.39, 0.29) is 25.7 Å². The summed E-state index contributed by atoms with van der Waals surface area (Å²) in [5.74, 6) is -0.494. The zero-order chi connectivity index (χ0) is 73.5. The topological polar surface area (TPSA) is 237 Å². The summed E-state index contributed by atoms with van der Waals surface area (Å²) in [5, 5.41) is 10.6. The summed E-state index contributed by atoms with van der Waals surface area (Å²) >= 11 is 0. The van der Waals surface area contributed by atoms with Crippen LogP contribution >= 0.6 is 15.6 Å². The Morgan fingerprint density at radius 3 is 0.760 bits per heavy atom.